The number of hydrogen-bond acceptors (Lipinski definition) is 3. The fraction of sp³-hybridized carbons (Fsp3) is 0.222. The first-order valence-electron chi connectivity index (χ1n) is 4.38. The number of aromatic amines is 1. The topological polar surface area (TPSA) is 74.8 Å². The molecule has 0 saturated heterocycles. The molecular formula is C9H13N3O2S. The quantitative estimate of drug-likeness (QED) is 0.816. The zero-order chi connectivity index (χ0) is 11.1. The van der Waals surface area contributed by atoms with Crippen LogP contribution in [-0.4, -0.2) is 24.6 Å². The smallest absolute Gasteiger partial charge is 0.232 e. The van der Waals surface area contributed by atoms with E-state index in [1.54, 1.807) is 0 Å². The lowest BCUT2D eigenvalue weighted by atomic mass is 10.2. The van der Waals surface area contributed by atoms with Gasteiger partial charge in [0.05, 0.1) is 17.3 Å². The molecule has 5 nitrogen and oxygen atoms in total. The average molecular weight is 227 g/mol. The van der Waals surface area contributed by atoms with Gasteiger partial charge in [-0.1, -0.05) is 6.07 Å². The first-order valence-corrected chi connectivity index (χ1v) is 6.27. The van der Waals surface area contributed by atoms with E-state index >= 15 is 0 Å². The second-order valence-corrected chi connectivity index (χ2v) is 5.23. The largest absolute Gasteiger partial charge is 0.323 e. The lowest BCUT2D eigenvalue weighted by molar-refractivity contribution is 0.606. The Balaban J connectivity index is 0.00000128. The molecule has 1 heterocycles. The number of nitrogens with zero attached hydrogens (tertiary/aromatic N) is 1. The number of anilines is 1. The van der Waals surface area contributed by atoms with Crippen molar-refractivity contribution in [2.24, 2.45) is 0 Å². The summed E-state index contributed by atoms with van der Waals surface area (Å²) < 4.78 is 24.2. The Morgan fingerprint density at radius 3 is 2.87 bits per heavy atom. The van der Waals surface area contributed by atoms with Gasteiger partial charge in [0.2, 0.25) is 16.0 Å². The standard InChI is InChI=1S/C9H11N3O2S.H2/c1-6-3-4-7-8(5-6)11-9(10-7)12-15(2,13)14;/h3-5H,1-2H3,(H2,10,11,12);1H. The zero-order valence-corrected chi connectivity index (χ0v) is 9.22. The third-order valence-electron chi connectivity index (χ3n) is 1.92. The van der Waals surface area contributed by atoms with Crippen molar-refractivity contribution in [3.63, 3.8) is 0 Å². The van der Waals surface area contributed by atoms with Gasteiger partial charge in [0, 0.05) is 1.43 Å². The maximum absolute atomic E-state index is 11.0. The van der Waals surface area contributed by atoms with Crippen LogP contribution in [0.2, 0.25) is 0 Å². The first kappa shape index (κ1) is 9.97. The van der Waals surface area contributed by atoms with E-state index in [1.807, 2.05) is 25.1 Å². The molecule has 0 atom stereocenters. The number of hydrogen-bond donors (Lipinski definition) is 2. The molecule has 0 radical (unpaired) electrons. The van der Waals surface area contributed by atoms with E-state index in [1.165, 1.54) is 0 Å². The zero-order valence-electron chi connectivity index (χ0n) is 8.40. The van der Waals surface area contributed by atoms with E-state index in [0.29, 0.717) is 0 Å². The Morgan fingerprint density at radius 2 is 2.20 bits per heavy atom. The molecule has 0 saturated carbocycles. The Hall–Kier alpha value is -1.56. The molecular weight excluding hydrogens is 214 g/mol. The Labute approximate surface area is 89.1 Å². The minimum atomic E-state index is -3.28. The van der Waals surface area contributed by atoms with Crippen LogP contribution < -0.4 is 4.72 Å². The molecule has 0 aliphatic rings. The highest BCUT2D eigenvalue weighted by Crippen LogP contribution is 2.15. The predicted octanol–water partition coefficient (Wildman–Crippen LogP) is 1.49. The van der Waals surface area contributed by atoms with Gasteiger partial charge in [0.25, 0.3) is 0 Å². The summed E-state index contributed by atoms with van der Waals surface area (Å²) in [5.41, 5.74) is 2.66. The summed E-state index contributed by atoms with van der Waals surface area (Å²) in [6, 6.07) is 5.68. The van der Waals surface area contributed by atoms with E-state index in [9.17, 15) is 8.42 Å². The van der Waals surface area contributed by atoms with Crippen LogP contribution in [0.15, 0.2) is 18.2 Å². The van der Waals surface area contributed by atoms with Gasteiger partial charge in [-0.25, -0.2) is 13.4 Å². The number of fused-ring (bicyclic) bond motifs is 1. The van der Waals surface area contributed by atoms with Crippen LogP contribution in [0.1, 0.15) is 6.99 Å². The van der Waals surface area contributed by atoms with E-state index in [-0.39, 0.29) is 7.37 Å². The molecule has 15 heavy (non-hydrogen) atoms. The fourth-order valence-electron chi connectivity index (χ4n) is 1.35. The molecule has 0 unspecified atom stereocenters. The lowest BCUT2D eigenvalue weighted by Crippen LogP contribution is -2.10. The van der Waals surface area contributed by atoms with Crippen LogP contribution in [0.4, 0.5) is 5.95 Å². The molecule has 82 valence electrons. The number of aryl methyl sites for hydroxylation is 1. The highest BCUT2D eigenvalue weighted by Gasteiger charge is 2.06. The van der Waals surface area contributed by atoms with Gasteiger partial charge < -0.3 is 4.98 Å². The van der Waals surface area contributed by atoms with Gasteiger partial charge >= 0.3 is 0 Å². The Morgan fingerprint density at radius 1 is 1.47 bits per heavy atom. The van der Waals surface area contributed by atoms with Gasteiger partial charge in [-0.05, 0) is 24.6 Å². The molecule has 2 N–H and O–H groups in total. The summed E-state index contributed by atoms with van der Waals surface area (Å²) >= 11 is 0. The number of imidazole rings is 1. The lowest BCUT2D eigenvalue weighted by Gasteiger charge is -1.96. The number of H-pyrrole nitrogens is 1. The fourth-order valence-corrected chi connectivity index (χ4v) is 1.80. The van der Waals surface area contributed by atoms with Gasteiger partial charge in [0.15, 0.2) is 0 Å². The van der Waals surface area contributed by atoms with Crippen LogP contribution in [0.25, 0.3) is 11.0 Å². The van der Waals surface area contributed by atoms with Crippen molar-refractivity contribution in [2.45, 2.75) is 6.92 Å². The molecule has 6 heteroatoms. The number of sulfonamides is 1. The summed E-state index contributed by atoms with van der Waals surface area (Å²) in [7, 11) is -3.28. The molecule has 0 aliphatic carbocycles. The molecule has 0 amide bonds. The maximum Gasteiger partial charge on any atom is 0.232 e. The maximum atomic E-state index is 11.0. The minimum absolute atomic E-state index is 0. The molecule has 0 bridgehead atoms. The minimum Gasteiger partial charge on any atom is -0.323 e. The average Bonchev–Trinajstić information content (AvgIpc) is 2.42. The Kier molecular flexibility index (Phi) is 2.15. The van der Waals surface area contributed by atoms with Crippen molar-refractivity contribution >= 4 is 27.0 Å². The molecule has 0 aliphatic heterocycles. The third-order valence-corrected chi connectivity index (χ3v) is 2.48. The number of nitrogens with one attached hydrogen (secondary N) is 2. The van der Waals surface area contributed by atoms with Crippen LogP contribution in [0.3, 0.4) is 0 Å². The summed E-state index contributed by atoms with van der Waals surface area (Å²) in [4.78, 5) is 6.98. The monoisotopic (exact) mass is 227 g/mol. The molecule has 0 spiro atoms. The van der Waals surface area contributed by atoms with Crippen LogP contribution in [0.5, 0.6) is 0 Å². The molecule has 1 aromatic heterocycles. The van der Waals surface area contributed by atoms with Gasteiger partial charge in [-0.15, -0.1) is 0 Å². The van der Waals surface area contributed by atoms with Crippen LogP contribution in [0, 0.1) is 6.92 Å². The molecule has 1 aromatic carbocycles. The first-order chi connectivity index (χ1) is 6.94. The van der Waals surface area contributed by atoms with Crippen LogP contribution >= 0.6 is 0 Å². The molecule has 0 fully saturated rings. The second kappa shape index (κ2) is 3.23. The molecule has 2 aromatic rings. The van der Waals surface area contributed by atoms with Gasteiger partial charge in [0.1, 0.15) is 0 Å². The predicted molar refractivity (Wildman–Crippen MR) is 61.4 cm³/mol. The van der Waals surface area contributed by atoms with Crippen molar-refractivity contribution in [3.05, 3.63) is 23.8 Å². The third kappa shape index (κ3) is 2.27. The second-order valence-electron chi connectivity index (χ2n) is 3.48. The number of aromatic nitrogens is 2. The SMILES string of the molecule is Cc1ccc2nc(NS(C)(=O)=O)[nH]c2c1.[HH]. The van der Waals surface area contributed by atoms with Crippen molar-refractivity contribution in [2.75, 3.05) is 11.0 Å². The van der Waals surface area contributed by atoms with Crippen molar-refractivity contribution in [1.82, 2.24) is 9.97 Å². The molecule has 2 rings (SSSR count). The number of rotatable bonds is 2. The van der Waals surface area contributed by atoms with E-state index < -0.39 is 10.0 Å². The summed E-state index contributed by atoms with van der Waals surface area (Å²) in [6.07, 6.45) is 1.09. The summed E-state index contributed by atoms with van der Waals surface area (Å²) in [5, 5.41) is 0. The van der Waals surface area contributed by atoms with E-state index in [4.69, 9.17) is 0 Å². The summed E-state index contributed by atoms with van der Waals surface area (Å²) in [5.74, 6) is 0.248. The summed E-state index contributed by atoms with van der Waals surface area (Å²) in [6.45, 7) is 1.96. The number of benzene rings is 1. The van der Waals surface area contributed by atoms with Crippen molar-refractivity contribution in [1.29, 1.82) is 0 Å². The Bertz CT molecular complexity index is 606. The highest BCUT2D eigenvalue weighted by atomic mass is 32.2. The van der Waals surface area contributed by atoms with Crippen molar-refractivity contribution in [3.8, 4) is 0 Å². The normalized spacial score (nSPS) is 11.9. The van der Waals surface area contributed by atoms with E-state index in [0.717, 1.165) is 22.9 Å². The van der Waals surface area contributed by atoms with Crippen molar-refractivity contribution < 1.29 is 9.84 Å². The highest BCUT2D eigenvalue weighted by molar-refractivity contribution is 7.91. The van der Waals surface area contributed by atoms with Crippen LogP contribution in [-0.2, 0) is 10.0 Å². The van der Waals surface area contributed by atoms with E-state index in [2.05, 4.69) is 14.7 Å². The van der Waals surface area contributed by atoms with Gasteiger partial charge in [-0.3, -0.25) is 4.72 Å². The van der Waals surface area contributed by atoms with Gasteiger partial charge in [-0.2, -0.15) is 0 Å².